The number of benzene rings is 2. The van der Waals surface area contributed by atoms with Gasteiger partial charge in [-0.25, -0.2) is 13.8 Å². The van der Waals surface area contributed by atoms with Gasteiger partial charge in [-0.3, -0.25) is 4.79 Å². The zero-order valence-corrected chi connectivity index (χ0v) is 19.1. The van der Waals surface area contributed by atoms with Gasteiger partial charge in [-0.2, -0.15) is 0 Å². The van der Waals surface area contributed by atoms with Crippen LogP contribution in [0.4, 0.5) is 8.78 Å². The number of aliphatic hydroxyl groups is 1. The van der Waals surface area contributed by atoms with Gasteiger partial charge in [-0.05, 0) is 37.6 Å². The first-order chi connectivity index (χ1) is 16.7. The predicted octanol–water partition coefficient (Wildman–Crippen LogP) is 4.35. The fraction of sp³-hybridized carbons (Fsp3) is 0.280. The Morgan fingerprint density at radius 1 is 1.14 bits per heavy atom. The molecule has 0 fully saturated rings. The Bertz CT molecular complexity index is 1230. The summed E-state index contributed by atoms with van der Waals surface area (Å²) in [5.74, 6) is -0.585. The molecule has 1 unspecified atom stereocenters. The Kier molecular flexibility index (Phi) is 7.02. The number of fused-ring (bicyclic) bond motifs is 1. The summed E-state index contributed by atoms with van der Waals surface area (Å²) in [6.45, 7) is 3.37. The van der Waals surface area contributed by atoms with Crippen LogP contribution in [0.3, 0.4) is 0 Å². The second-order valence-electron chi connectivity index (χ2n) is 8.20. The van der Waals surface area contributed by atoms with Crippen molar-refractivity contribution in [2.75, 3.05) is 13.4 Å². The Balaban J connectivity index is 1.43. The highest BCUT2D eigenvalue weighted by Gasteiger charge is 2.20. The number of hydrogen-bond acceptors (Lipinski definition) is 7. The van der Waals surface area contributed by atoms with E-state index in [0.717, 1.165) is 12.3 Å². The molecule has 0 saturated heterocycles. The molecule has 1 aliphatic heterocycles. The molecular weight excluding hydrogens is 462 g/mol. The van der Waals surface area contributed by atoms with Crippen LogP contribution in [-0.2, 0) is 6.54 Å². The van der Waals surface area contributed by atoms with Crippen LogP contribution >= 0.6 is 0 Å². The van der Waals surface area contributed by atoms with Gasteiger partial charge in [0.2, 0.25) is 12.7 Å². The minimum atomic E-state index is -1.03. The zero-order valence-electron chi connectivity index (χ0n) is 19.1. The van der Waals surface area contributed by atoms with E-state index in [0.29, 0.717) is 23.7 Å². The monoisotopic (exact) mass is 486 g/mol. The van der Waals surface area contributed by atoms with E-state index < -0.39 is 23.1 Å². The second kappa shape index (κ2) is 10.1. The Labute approximate surface area is 200 Å². The lowest BCUT2D eigenvalue weighted by Gasteiger charge is -2.21. The quantitative estimate of drug-likeness (QED) is 0.464. The standard InChI is InChI=1S/C25H24F2N2O6/c1-3-25(2,31)13-32-17-5-4-15(20(27)9-17)11-28-23(30)19-8-16(26)12-29-24(19)35-18-6-7-21-22(10-18)34-14-33-21/h4-10,12,31H,3,11,13-14H2,1-2H3,(H,28,30). The van der Waals surface area contributed by atoms with E-state index in [4.69, 9.17) is 18.9 Å². The van der Waals surface area contributed by atoms with Crippen LogP contribution in [-0.4, -0.2) is 35.0 Å². The number of ether oxygens (including phenoxy) is 4. The average molecular weight is 486 g/mol. The van der Waals surface area contributed by atoms with Crippen LogP contribution in [0.5, 0.6) is 28.9 Å². The number of halogens is 2. The van der Waals surface area contributed by atoms with Crippen molar-refractivity contribution in [2.45, 2.75) is 32.4 Å². The van der Waals surface area contributed by atoms with Crippen molar-refractivity contribution in [1.82, 2.24) is 10.3 Å². The molecule has 0 saturated carbocycles. The lowest BCUT2D eigenvalue weighted by molar-refractivity contribution is 0.00836. The van der Waals surface area contributed by atoms with Crippen molar-refractivity contribution in [1.29, 1.82) is 0 Å². The zero-order chi connectivity index (χ0) is 25.0. The number of aromatic nitrogens is 1. The van der Waals surface area contributed by atoms with E-state index >= 15 is 0 Å². The van der Waals surface area contributed by atoms with E-state index in [-0.39, 0.29) is 42.7 Å². The normalized spacial score (nSPS) is 13.7. The van der Waals surface area contributed by atoms with E-state index in [9.17, 15) is 18.7 Å². The molecule has 2 aromatic carbocycles. The number of rotatable bonds is 9. The van der Waals surface area contributed by atoms with Crippen molar-refractivity contribution >= 4 is 5.91 Å². The van der Waals surface area contributed by atoms with Gasteiger partial charge >= 0.3 is 0 Å². The second-order valence-corrected chi connectivity index (χ2v) is 8.20. The van der Waals surface area contributed by atoms with Gasteiger partial charge in [-0.1, -0.05) is 13.0 Å². The van der Waals surface area contributed by atoms with Crippen molar-refractivity contribution in [3.8, 4) is 28.9 Å². The molecule has 1 atom stereocenters. The molecule has 1 aromatic heterocycles. The third-order valence-electron chi connectivity index (χ3n) is 5.40. The largest absolute Gasteiger partial charge is 0.491 e. The van der Waals surface area contributed by atoms with Gasteiger partial charge in [0.1, 0.15) is 35.3 Å². The number of nitrogens with one attached hydrogen (secondary N) is 1. The minimum absolute atomic E-state index is 0.0116. The average Bonchev–Trinajstić information content (AvgIpc) is 3.31. The van der Waals surface area contributed by atoms with E-state index in [2.05, 4.69) is 10.3 Å². The maximum absolute atomic E-state index is 14.5. The molecule has 10 heteroatoms. The number of hydrogen-bond donors (Lipinski definition) is 2. The first-order valence-corrected chi connectivity index (χ1v) is 10.9. The molecule has 4 rings (SSSR count). The number of nitrogens with zero attached hydrogens (tertiary/aromatic N) is 1. The summed E-state index contributed by atoms with van der Waals surface area (Å²) in [7, 11) is 0. The third-order valence-corrected chi connectivity index (χ3v) is 5.40. The van der Waals surface area contributed by atoms with Gasteiger partial charge in [0.25, 0.3) is 5.91 Å². The molecule has 1 amide bonds. The first-order valence-electron chi connectivity index (χ1n) is 10.9. The summed E-state index contributed by atoms with van der Waals surface area (Å²) < 4.78 is 50.1. The van der Waals surface area contributed by atoms with Crippen molar-refractivity contribution in [3.05, 3.63) is 71.4 Å². The smallest absolute Gasteiger partial charge is 0.257 e. The van der Waals surface area contributed by atoms with Crippen LogP contribution < -0.4 is 24.3 Å². The van der Waals surface area contributed by atoms with Gasteiger partial charge < -0.3 is 29.4 Å². The number of pyridine rings is 1. The summed E-state index contributed by atoms with van der Waals surface area (Å²) in [4.78, 5) is 16.7. The van der Waals surface area contributed by atoms with E-state index in [1.807, 2.05) is 6.92 Å². The summed E-state index contributed by atoms with van der Waals surface area (Å²) in [5, 5.41) is 12.6. The predicted molar refractivity (Wildman–Crippen MR) is 121 cm³/mol. The number of carbonyl (C=O) groups excluding carboxylic acids is 1. The lowest BCUT2D eigenvalue weighted by atomic mass is 10.1. The number of carbonyl (C=O) groups is 1. The van der Waals surface area contributed by atoms with Crippen molar-refractivity contribution in [3.63, 3.8) is 0 Å². The molecule has 0 bridgehead atoms. The third kappa shape index (κ3) is 5.96. The van der Waals surface area contributed by atoms with Gasteiger partial charge in [0, 0.05) is 24.2 Å². The highest BCUT2D eigenvalue weighted by molar-refractivity contribution is 5.96. The number of amides is 1. The molecule has 2 heterocycles. The van der Waals surface area contributed by atoms with Crippen LogP contribution in [0, 0.1) is 11.6 Å². The van der Waals surface area contributed by atoms with E-state index in [1.165, 1.54) is 18.2 Å². The molecule has 2 N–H and O–H groups in total. The Morgan fingerprint density at radius 3 is 2.69 bits per heavy atom. The first kappa shape index (κ1) is 24.2. The molecule has 0 spiro atoms. The van der Waals surface area contributed by atoms with Crippen LogP contribution in [0.1, 0.15) is 36.2 Å². The molecule has 3 aromatic rings. The highest BCUT2D eigenvalue weighted by atomic mass is 19.1. The van der Waals surface area contributed by atoms with Crippen LogP contribution in [0.2, 0.25) is 0 Å². The maximum Gasteiger partial charge on any atom is 0.257 e. The molecular formula is C25H24F2N2O6. The highest BCUT2D eigenvalue weighted by Crippen LogP contribution is 2.36. The molecule has 8 nitrogen and oxygen atoms in total. The van der Waals surface area contributed by atoms with Gasteiger partial charge in [0.05, 0.1) is 11.8 Å². The van der Waals surface area contributed by atoms with Gasteiger partial charge in [-0.15, -0.1) is 0 Å². The summed E-state index contributed by atoms with van der Waals surface area (Å²) >= 11 is 0. The molecule has 0 radical (unpaired) electrons. The van der Waals surface area contributed by atoms with Gasteiger partial charge in [0.15, 0.2) is 11.5 Å². The van der Waals surface area contributed by atoms with Crippen molar-refractivity contribution < 1.29 is 37.6 Å². The van der Waals surface area contributed by atoms with Crippen LogP contribution in [0.25, 0.3) is 0 Å². The molecule has 184 valence electrons. The lowest BCUT2D eigenvalue weighted by Crippen LogP contribution is -2.31. The molecule has 1 aliphatic rings. The fourth-order valence-corrected chi connectivity index (χ4v) is 3.10. The van der Waals surface area contributed by atoms with E-state index in [1.54, 1.807) is 25.1 Å². The minimum Gasteiger partial charge on any atom is -0.491 e. The molecule has 35 heavy (non-hydrogen) atoms. The topological polar surface area (TPSA) is 99.1 Å². The summed E-state index contributed by atoms with van der Waals surface area (Å²) in [6, 6.07) is 9.95. The fourth-order valence-electron chi connectivity index (χ4n) is 3.10. The molecule has 0 aliphatic carbocycles. The SMILES string of the molecule is CCC(C)(O)COc1ccc(CNC(=O)c2cc(F)cnc2Oc2ccc3c(c2)OCO3)c(F)c1. The van der Waals surface area contributed by atoms with Crippen molar-refractivity contribution in [2.24, 2.45) is 0 Å². The summed E-state index contributed by atoms with van der Waals surface area (Å²) in [6.07, 6.45) is 1.41. The Morgan fingerprint density at radius 2 is 1.91 bits per heavy atom. The summed E-state index contributed by atoms with van der Waals surface area (Å²) in [5.41, 5.74) is -0.997. The van der Waals surface area contributed by atoms with Crippen LogP contribution in [0.15, 0.2) is 48.7 Å². The Hall–Kier alpha value is -3.92. The maximum atomic E-state index is 14.5.